The fraction of sp³-hybridized carbons (Fsp3) is 0.737. The van der Waals surface area contributed by atoms with Crippen LogP contribution in [0.2, 0.25) is 0 Å². The predicted octanol–water partition coefficient (Wildman–Crippen LogP) is 2.18. The Labute approximate surface area is 149 Å². The van der Waals surface area contributed by atoms with Gasteiger partial charge in [-0.3, -0.25) is 4.79 Å². The molecule has 3 heterocycles. The van der Waals surface area contributed by atoms with Gasteiger partial charge in [-0.1, -0.05) is 0 Å². The van der Waals surface area contributed by atoms with Crippen molar-refractivity contribution in [1.29, 1.82) is 0 Å². The summed E-state index contributed by atoms with van der Waals surface area (Å²) in [4.78, 5) is 11.9. The summed E-state index contributed by atoms with van der Waals surface area (Å²) in [7, 11) is 1.71. The molecule has 2 saturated heterocycles. The summed E-state index contributed by atoms with van der Waals surface area (Å²) in [5, 5.41) is 0. The van der Waals surface area contributed by atoms with E-state index in [0.717, 1.165) is 11.3 Å². The first-order valence-electron chi connectivity index (χ1n) is 8.74. The minimum absolute atomic E-state index is 0.0511. The van der Waals surface area contributed by atoms with E-state index in [1.165, 1.54) is 0 Å². The summed E-state index contributed by atoms with van der Waals surface area (Å²) in [5.74, 6) is -0.614. The first-order chi connectivity index (χ1) is 11.5. The molecular formula is C19H29NO5. The molecule has 0 saturated carbocycles. The van der Waals surface area contributed by atoms with Gasteiger partial charge in [0.15, 0.2) is 11.2 Å². The predicted molar refractivity (Wildman–Crippen MR) is 93.8 cm³/mol. The molecule has 0 bridgehead atoms. The number of hydrogen-bond acceptors (Lipinski definition) is 5. The summed E-state index contributed by atoms with van der Waals surface area (Å²) >= 11 is 0. The highest BCUT2D eigenvalue weighted by Crippen LogP contribution is 2.49. The van der Waals surface area contributed by atoms with Crippen molar-refractivity contribution in [3.63, 3.8) is 0 Å². The summed E-state index contributed by atoms with van der Waals surface area (Å²) in [5.41, 5.74) is 0.689. The van der Waals surface area contributed by atoms with Crippen LogP contribution in [0.1, 0.15) is 39.0 Å². The number of rotatable bonds is 4. The Morgan fingerprint density at radius 2 is 1.92 bits per heavy atom. The minimum atomic E-state index is -0.614. The molecule has 1 aromatic heterocycles. The number of nitrogens with zero attached hydrogens (tertiary/aromatic N) is 1. The van der Waals surface area contributed by atoms with E-state index < -0.39 is 17.0 Å². The van der Waals surface area contributed by atoms with Crippen LogP contribution in [-0.4, -0.2) is 47.5 Å². The van der Waals surface area contributed by atoms with Gasteiger partial charge < -0.3 is 23.5 Å². The average Bonchev–Trinajstić information content (AvgIpc) is 2.89. The number of hydrogen-bond donors (Lipinski definition) is 0. The maximum absolute atomic E-state index is 11.9. The van der Waals surface area contributed by atoms with Gasteiger partial charge in [-0.15, -0.1) is 0 Å². The van der Waals surface area contributed by atoms with E-state index in [1.807, 2.05) is 47.7 Å². The maximum atomic E-state index is 11.9. The second-order valence-corrected chi connectivity index (χ2v) is 8.03. The Kier molecular flexibility index (Phi) is 4.39. The van der Waals surface area contributed by atoms with Crippen molar-refractivity contribution in [2.75, 3.05) is 13.7 Å². The van der Waals surface area contributed by atoms with Gasteiger partial charge in [0.2, 0.25) is 0 Å². The zero-order chi connectivity index (χ0) is 18.6. The Hall–Kier alpha value is -1.21. The third-order valence-corrected chi connectivity index (χ3v) is 5.79. The topological polar surface area (TPSA) is 58.9 Å². The zero-order valence-electron chi connectivity index (χ0n) is 16.2. The highest BCUT2D eigenvalue weighted by molar-refractivity contribution is 5.21. The Morgan fingerprint density at radius 1 is 1.24 bits per heavy atom. The number of ether oxygens (including phenoxy) is 4. The normalized spacial score (nSPS) is 33.2. The monoisotopic (exact) mass is 351 g/mol. The summed E-state index contributed by atoms with van der Waals surface area (Å²) in [6, 6.07) is 1.60. The zero-order valence-corrected chi connectivity index (χ0v) is 16.2. The van der Waals surface area contributed by atoms with Crippen molar-refractivity contribution in [3.05, 3.63) is 33.7 Å². The molecule has 6 nitrogen and oxygen atoms in total. The molecular weight excluding hydrogens is 322 g/mol. The van der Waals surface area contributed by atoms with E-state index in [2.05, 4.69) is 4.57 Å². The molecule has 25 heavy (non-hydrogen) atoms. The summed E-state index contributed by atoms with van der Waals surface area (Å²) < 4.78 is 26.0. The number of methoxy groups -OCH3 is 1. The molecule has 0 spiro atoms. The van der Waals surface area contributed by atoms with Gasteiger partial charge >= 0.3 is 0 Å². The van der Waals surface area contributed by atoms with Crippen LogP contribution in [0.25, 0.3) is 0 Å². The van der Waals surface area contributed by atoms with Crippen molar-refractivity contribution >= 4 is 0 Å². The molecule has 0 N–H and O–H groups in total. The molecule has 3 unspecified atom stereocenters. The largest absolute Gasteiger partial charge is 0.371 e. The van der Waals surface area contributed by atoms with Crippen LogP contribution in [0.4, 0.5) is 0 Å². The Bertz CT molecular complexity index is 723. The molecule has 3 atom stereocenters. The van der Waals surface area contributed by atoms with Gasteiger partial charge in [0, 0.05) is 30.6 Å². The van der Waals surface area contributed by atoms with Crippen LogP contribution in [0.3, 0.4) is 0 Å². The van der Waals surface area contributed by atoms with Gasteiger partial charge in [-0.2, -0.15) is 0 Å². The van der Waals surface area contributed by atoms with E-state index in [9.17, 15) is 4.79 Å². The van der Waals surface area contributed by atoms with Crippen LogP contribution in [0, 0.1) is 13.8 Å². The minimum Gasteiger partial charge on any atom is -0.371 e. The van der Waals surface area contributed by atoms with E-state index in [0.29, 0.717) is 13.2 Å². The van der Waals surface area contributed by atoms with Crippen molar-refractivity contribution in [1.82, 2.24) is 4.57 Å². The van der Waals surface area contributed by atoms with Crippen LogP contribution < -0.4 is 5.43 Å². The van der Waals surface area contributed by atoms with Crippen molar-refractivity contribution in [2.45, 2.75) is 77.3 Å². The van der Waals surface area contributed by atoms with Gasteiger partial charge in [-0.05, 0) is 41.5 Å². The lowest BCUT2D eigenvalue weighted by Crippen LogP contribution is -2.77. The van der Waals surface area contributed by atoms with Gasteiger partial charge in [0.1, 0.15) is 17.8 Å². The van der Waals surface area contributed by atoms with E-state index >= 15 is 0 Å². The van der Waals surface area contributed by atoms with Crippen molar-refractivity contribution < 1.29 is 18.9 Å². The van der Waals surface area contributed by atoms with E-state index in [1.54, 1.807) is 13.2 Å². The van der Waals surface area contributed by atoms with Gasteiger partial charge in [-0.25, -0.2) is 0 Å². The van der Waals surface area contributed by atoms with Crippen LogP contribution in [0.15, 0.2) is 17.1 Å². The van der Waals surface area contributed by atoms with Crippen molar-refractivity contribution in [3.8, 4) is 0 Å². The Balaban J connectivity index is 1.94. The molecule has 2 aliphatic heterocycles. The molecule has 1 aromatic rings. The van der Waals surface area contributed by atoms with Crippen LogP contribution in [-0.2, 0) is 25.5 Å². The highest BCUT2D eigenvalue weighted by Gasteiger charge is 2.67. The lowest BCUT2D eigenvalue weighted by Gasteiger charge is -2.61. The molecule has 6 heteroatoms. The van der Waals surface area contributed by atoms with E-state index in [4.69, 9.17) is 18.9 Å². The molecule has 0 aliphatic carbocycles. The Morgan fingerprint density at radius 3 is 2.44 bits per heavy atom. The van der Waals surface area contributed by atoms with Crippen molar-refractivity contribution in [2.24, 2.45) is 0 Å². The molecule has 0 aromatic carbocycles. The third kappa shape index (κ3) is 2.85. The lowest BCUT2D eigenvalue weighted by atomic mass is 9.72. The molecule has 2 fully saturated rings. The summed E-state index contributed by atoms with van der Waals surface area (Å²) in [6.07, 6.45) is 1.39. The van der Waals surface area contributed by atoms with Gasteiger partial charge in [0.25, 0.3) is 0 Å². The fourth-order valence-corrected chi connectivity index (χ4v) is 3.96. The molecule has 0 amide bonds. The maximum Gasteiger partial charge on any atom is 0.184 e. The standard InChI is InChI=1S/C19H29NO5/c1-12-13(2)20(9-8-14(12)21)11-19(22-7)16(25-17(19,3)4)15-10-23-18(5,6)24-15/h8-9,15-16H,10-11H2,1-7H3. The molecule has 2 aliphatic rings. The smallest absolute Gasteiger partial charge is 0.184 e. The first kappa shape index (κ1) is 18.6. The average molecular weight is 351 g/mol. The van der Waals surface area contributed by atoms with Crippen LogP contribution in [0.5, 0.6) is 0 Å². The summed E-state index contributed by atoms with van der Waals surface area (Å²) in [6.45, 7) is 12.7. The molecule has 140 valence electrons. The molecule has 3 rings (SSSR count). The van der Waals surface area contributed by atoms with Crippen LogP contribution >= 0.6 is 0 Å². The number of aromatic nitrogens is 1. The fourth-order valence-electron chi connectivity index (χ4n) is 3.96. The van der Waals surface area contributed by atoms with E-state index in [-0.39, 0.29) is 17.6 Å². The lowest BCUT2D eigenvalue weighted by molar-refractivity contribution is -0.371. The second kappa shape index (κ2) is 5.91. The SMILES string of the molecule is COC1(Cn2ccc(=O)c(C)c2C)C(C2COC(C)(C)O2)OC1(C)C. The quantitative estimate of drug-likeness (QED) is 0.832. The van der Waals surface area contributed by atoms with Gasteiger partial charge in [0.05, 0.1) is 18.8 Å². The third-order valence-electron chi connectivity index (χ3n) is 5.79. The number of pyridine rings is 1. The second-order valence-electron chi connectivity index (χ2n) is 8.03. The first-order valence-corrected chi connectivity index (χ1v) is 8.74. The molecule has 0 radical (unpaired) electrons. The highest BCUT2D eigenvalue weighted by atomic mass is 16.8.